The molecular weight excluding hydrogens is 389 g/mol. The molecular formula is C23H22FNO3S. The van der Waals surface area contributed by atoms with E-state index in [4.69, 9.17) is 0 Å². The molecule has 1 heterocycles. The Hall–Kier alpha value is -2.73. The summed E-state index contributed by atoms with van der Waals surface area (Å²) in [5, 5.41) is 1.62. The third-order valence-corrected chi connectivity index (χ3v) is 7.88. The van der Waals surface area contributed by atoms with Gasteiger partial charge in [0.05, 0.1) is 16.6 Å². The monoisotopic (exact) mass is 411 g/mol. The van der Waals surface area contributed by atoms with Crippen molar-refractivity contribution in [1.29, 1.82) is 0 Å². The van der Waals surface area contributed by atoms with Gasteiger partial charge < -0.3 is 4.90 Å². The Bertz CT molecular complexity index is 1130. The van der Waals surface area contributed by atoms with Gasteiger partial charge in [0.2, 0.25) is 5.91 Å². The highest BCUT2D eigenvalue weighted by Crippen LogP contribution is 2.26. The molecule has 0 saturated carbocycles. The highest BCUT2D eigenvalue weighted by molar-refractivity contribution is 7.92. The summed E-state index contributed by atoms with van der Waals surface area (Å²) >= 11 is 0. The molecule has 6 heteroatoms. The molecule has 1 aliphatic rings. The van der Waals surface area contributed by atoms with E-state index in [-0.39, 0.29) is 10.8 Å². The first-order chi connectivity index (χ1) is 13.9. The Labute approximate surface area is 169 Å². The Kier molecular flexibility index (Phi) is 5.37. The van der Waals surface area contributed by atoms with E-state index in [1.54, 1.807) is 4.90 Å². The van der Waals surface area contributed by atoms with Crippen molar-refractivity contribution < 1.29 is 17.6 Å². The van der Waals surface area contributed by atoms with Gasteiger partial charge in [-0.2, -0.15) is 0 Å². The molecule has 3 aromatic rings. The highest BCUT2D eigenvalue weighted by atomic mass is 32.2. The minimum atomic E-state index is -3.52. The summed E-state index contributed by atoms with van der Waals surface area (Å²) in [4.78, 5) is 14.7. The summed E-state index contributed by atoms with van der Waals surface area (Å²) < 4.78 is 38.7. The number of nitrogens with zero attached hydrogens (tertiary/aromatic N) is 1. The van der Waals surface area contributed by atoms with Crippen LogP contribution in [-0.4, -0.2) is 37.6 Å². The van der Waals surface area contributed by atoms with Crippen LogP contribution in [0, 0.1) is 5.82 Å². The SMILES string of the molecule is O=C(Cc1cccc2ccccc12)N1CCC(S(=O)(=O)c2ccc(F)cc2)CC1. The zero-order valence-corrected chi connectivity index (χ0v) is 16.7. The lowest BCUT2D eigenvalue weighted by atomic mass is 10.0. The largest absolute Gasteiger partial charge is 0.342 e. The molecule has 0 radical (unpaired) electrons. The predicted molar refractivity (Wildman–Crippen MR) is 111 cm³/mol. The molecule has 150 valence electrons. The van der Waals surface area contributed by atoms with E-state index in [1.807, 2.05) is 42.5 Å². The number of likely N-dealkylation sites (tertiary alicyclic amines) is 1. The lowest BCUT2D eigenvalue weighted by molar-refractivity contribution is -0.131. The van der Waals surface area contributed by atoms with Gasteiger partial charge in [0.1, 0.15) is 5.82 Å². The summed E-state index contributed by atoms with van der Waals surface area (Å²) in [6.45, 7) is 0.823. The van der Waals surface area contributed by atoms with E-state index in [0.29, 0.717) is 32.4 Å². The molecule has 29 heavy (non-hydrogen) atoms. The van der Waals surface area contributed by atoms with Gasteiger partial charge in [-0.1, -0.05) is 42.5 Å². The van der Waals surface area contributed by atoms with Crippen LogP contribution in [0.15, 0.2) is 71.6 Å². The van der Waals surface area contributed by atoms with Gasteiger partial charge in [0, 0.05) is 13.1 Å². The summed E-state index contributed by atoms with van der Waals surface area (Å²) in [6, 6.07) is 18.8. The third-order valence-electron chi connectivity index (χ3n) is 5.60. The molecule has 1 aliphatic heterocycles. The number of rotatable bonds is 4. The number of amides is 1. The van der Waals surface area contributed by atoms with Crippen molar-refractivity contribution in [2.24, 2.45) is 0 Å². The highest BCUT2D eigenvalue weighted by Gasteiger charge is 2.32. The van der Waals surface area contributed by atoms with E-state index in [0.717, 1.165) is 28.5 Å². The van der Waals surface area contributed by atoms with Crippen LogP contribution in [0.2, 0.25) is 0 Å². The van der Waals surface area contributed by atoms with Crippen molar-refractivity contribution in [3.05, 3.63) is 78.1 Å². The summed E-state index contributed by atoms with van der Waals surface area (Å²) in [6.07, 6.45) is 1.08. The zero-order chi connectivity index (χ0) is 20.4. The minimum absolute atomic E-state index is 0.0129. The van der Waals surface area contributed by atoms with Crippen LogP contribution in [-0.2, 0) is 21.1 Å². The topological polar surface area (TPSA) is 54.5 Å². The smallest absolute Gasteiger partial charge is 0.227 e. The van der Waals surface area contributed by atoms with Crippen LogP contribution in [0.25, 0.3) is 10.8 Å². The van der Waals surface area contributed by atoms with Crippen LogP contribution in [0.5, 0.6) is 0 Å². The molecule has 0 bridgehead atoms. The molecule has 4 rings (SSSR count). The molecule has 1 saturated heterocycles. The maximum absolute atomic E-state index is 13.1. The summed E-state index contributed by atoms with van der Waals surface area (Å²) in [7, 11) is -3.52. The molecule has 0 atom stereocenters. The second-order valence-electron chi connectivity index (χ2n) is 7.39. The maximum Gasteiger partial charge on any atom is 0.227 e. The van der Waals surface area contributed by atoms with Crippen molar-refractivity contribution in [2.45, 2.75) is 29.4 Å². The molecule has 0 unspecified atom stereocenters. The lowest BCUT2D eigenvalue weighted by Crippen LogP contribution is -2.43. The summed E-state index contributed by atoms with van der Waals surface area (Å²) in [5.74, 6) is -0.447. The van der Waals surface area contributed by atoms with Crippen LogP contribution >= 0.6 is 0 Å². The van der Waals surface area contributed by atoms with Crippen molar-refractivity contribution in [1.82, 2.24) is 4.90 Å². The first-order valence-corrected chi connectivity index (χ1v) is 11.2. The number of hydrogen-bond acceptors (Lipinski definition) is 3. The first-order valence-electron chi connectivity index (χ1n) is 9.69. The number of sulfone groups is 1. The normalized spacial score (nSPS) is 15.6. The maximum atomic E-state index is 13.1. The van der Waals surface area contributed by atoms with Gasteiger partial charge in [0.25, 0.3) is 0 Å². The Morgan fingerprint density at radius 2 is 1.59 bits per heavy atom. The van der Waals surface area contributed by atoms with E-state index in [1.165, 1.54) is 12.1 Å². The van der Waals surface area contributed by atoms with E-state index >= 15 is 0 Å². The number of carbonyl (C=O) groups excluding carboxylic acids is 1. The fourth-order valence-electron chi connectivity index (χ4n) is 3.95. The van der Waals surface area contributed by atoms with Crippen LogP contribution in [0.4, 0.5) is 4.39 Å². The van der Waals surface area contributed by atoms with Gasteiger partial charge in [-0.25, -0.2) is 12.8 Å². The Balaban J connectivity index is 1.43. The van der Waals surface area contributed by atoms with Gasteiger partial charge >= 0.3 is 0 Å². The van der Waals surface area contributed by atoms with Crippen LogP contribution < -0.4 is 0 Å². The number of halogens is 1. The number of fused-ring (bicyclic) bond motifs is 1. The van der Waals surface area contributed by atoms with Gasteiger partial charge in [-0.05, 0) is 53.4 Å². The predicted octanol–water partition coefficient (Wildman–Crippen LogP) is 3.99. The average Bonchev–Trinajstić information content (AvgIpc) is 2.74. The van der Waals surface area contributed by atoms with Crippen molar-refractivity contribution in [3.63, 3.8) is 0 Å². The molecule has 1 fully saturated rings. The number of benzene rings is 3. The second kappa shape index (κ2) is 7.95. The molecule has 0 aromatic heterocycles. The number of carbonyl (C=O) groups is 1. The number of piperidine rings is 1. The summed E-state index contributed by atoms with van der Waals surface area (Å²) in [5.41, 5.74) is 0.981. The molecule has 0 N–H and O–H groups in total. The minimum Gasteiger partial charge on any atom is -0.342 e. The molecule has 4 nitrogen and oxygen atoms in total. The molecule has 0 spiro atoms. The van der Waals surface area contributed by atoms with Gasteiger partial charge in [-0.3, -0.25) is 4.79 Å². The van der Waals surface area contributed by atoms with E-state index < -0.39 is 20.9 Å². The van der Waals surface area contributed by atoms with Gasteiger partial charge in [-0.15, -0.1) is 0 Å². The lowest BCUT2D eigenvalue weighted by Gasteiger charge is -2.32. The Morgan fingerprint density at radius 1 is 0.931 bits per heavy atom. The van der Waals surface area contributed by atoms with E-state index in [9.17, 15) is 17.6 Å². The Morgan fingerprint density at radius 3 is 2.31 bits per heavy atom. The fraction of sp³-hybridized carbons (Fsp3) is 0.261. The number of hydrogen-bond donors (Lipinski definition) is 0. The van der Waals surface area contributed by atoms with Crippen LogP contribution in [0.1, 0.15) is 18.4 Å². The second-order valence-corrected chi connectivity index (χ2v) is 9.62. The fourth-order valence-corrected chi connectivity index (χ4v) is 5.69. The van der Waals surface area contributed by atoms with Crippen LogP contribution in [0.3, 0.4) is 0 Å². The molecule has 1 amide bonds. The van der Waals surface area contributed by atoms with E-state index in [2.05, 4.69) is 0 Å². The third kappa shape index (κ3) is 4.03. The molecule has 3 aromatic carbocycles. The van der Waals surface area contributed by atoms with Crippen molar-refractivity contribution in [3.8, 4) is 0 Å². The van der Waals surface area contributed by atoms with Crippen molar-refractivity contribution in [2.75, 3.05) is 13.1 Å². The zero-order valence-electron chi connectivity index (χ0n) is 15.9. The van der Waals surface area contributed by atoms with Crippen molar-refractivity contribution >= 4 is 26.5 Å². The molecule has 0 aliphatic carbocycles. The quantitative estimate of drug-likeness (QED) is 0.610. The first kappa shape index (κ1) is 19.6. The standard InChI is InChI=1S/C23H22FNO3S/c24-19-8-10-20(11-9-19)29(27,28)21-12-14-25(15-13-21)23(26)16-18-6-3-5-17-4-1-2-7-22(17)18/h1-11,21H,12-16H2. The van der Waals surface area contributed by atoms with Gasteiger partial charge in [0.15, 0.2) is 9.84 Å². The average molecular weight is 411 g/mol.